The Balaban J connectivity index is 1.32. The topological polar surface area (TPSA) is 43.4 Å². The molecule has 2 bridgehead atoms. The van der Waals surface area contributed by atoms with Crippen LogP contribution in [0.5, 0.6) is 0 Å². The molecular formula is C19H22O3. The van der Waals surface area contributed by atoms with E-state index in [4.69, 9.17) is 4.74 Å². The highest BCUT2D eigenvalue weighted by atomic mass is 16.5. The Morgan fingerprint density at radius 3 is 2.59 bits per heavy atom. The second-order valence-corrected chi connectivity index (χ2v) is 6.37. The van der Waals surface area contributed by atoms with Crippen molar-refractivity contribution in [1.29, 1.82) is 0 Å². The summed E-state index contributed by atoms with van der Waals surface area (Å²) in [6.07, 6.45) is 10.2. The molecule has 0 aromatic heterocycles. The summed E-state index contributed by atoms with van der Waals surface area (Å²) >= 11 is 0. The van der Waals surface area contributed by atoms with Crippen LogP contribution in [0.15, 0.2) is 36.4 Å². The van der Waals surface area contributed by atoms with Crippen LogP contribution in [0.4, 0.5) is 0 Å². The summed E-state index contributed by atoms with van der Waals surface area (Å²) in [5.41, 5.74) is 1.92. The van der Waals surface area contributed by atoms with E-state index in [9.17, 15) is 9.59 Å². The highest BCUT2D eigenvalue weighted by Crippen LogP contribution is 2.43. The zero-order valence-electron chi connectivity index (χ0n) is 12.7. The van der Waals surface area contributed by atoms with Crippen molar-refractivity contribution in [1.82, 2.24) is 0 Å². The van der Waals surface area contributed by atoms with E-state index in [2.05, 4.69) is 12.2 Å². The summed E-state index contributed by atoms with van der Waals surface area (Å²) in [6, 6.07) is 7.64. The second kappa shape index (κ2) is 6.91. The van der Waals surface area contributed by atoms with Gasteiger partial charge in [-0.2, -0.15) is 0 Å². The first-order valence-electron chi connectivity index (χ1n) is 8.15. The van der Waals surface area contributed by atoms with Gasteiger partial charge in [0, 0.05) is 5.56 Å². The number of hydrogen-bond donors (Lipinski definition) is 0. The molecule has 1 aromatic carbocycles. The fourth-order valence-electron chi connectivity index (χ4n) is 3.53. The van der Waals surface area contributed by atoms with E-state index in [-0.39, 0.29) is 11.9 Å². The molecule has 1 fully saturated rings. The molecule has 2 aliphatic carbocycles. The molecule has 0 spiro atoms. The molecule has 0 aliphatic heterocycles. The zero-order valence-corrected chi connectivity index (χ0v) is 12.7. The van der Waals surface area contributed by atoms with Gasteiger partial charge < -0.3 is 4.74 Å². The molecule has 1 saturated carbocycles. The van der Waals surface area contributed by atoms with Crippen LogP contribution in [0, 0.1) is 17.8 Å². The number of allylic oxidation sites excluding steroid dienone is 2. The minimum Gasteiger partial charge on any atom is -0.465 e. The summed E-state index contributed by atoms with van der Waals surface area (Å²) in [4.78, 5) is 22.6. The van der Waals surface area contributed by atoms with Gasteiger partial charge in [0.25, 0.3) is 0 Å². The third kappa shape index (κ3) is 3.46. The van der Waals surface area contributed by atoms with Gasteiger partial charge in [-0.05, 0) is 49.5 Å². The number of ether oxygens (including phenoxy) is 1. The largest absolute Gasteiger partial charge is 0.465 e. The SMILES string of the molecule is O=Cc1ccc(CCCCOC(=O)C2CC3C=CC2C3)cc1. The first kappa shape index (κ1) is 15.0. The van der Waals surface area contributed by atoms with Gasteiger partial charge in [0.05, 0.1) is 12.5 Å². The zero-order chi connectivity index (χ0) is 15.4. The molecule has 3 nitrogen and oxygen atoms in total. The van der Waals surface area contributed by atoms with Crippen LogP contribution in [0.1, 0.15) is 41.6 Å². The molecule has 3 atom stereocenters. The molecule has 3 heteroatoms. The maximum Gasteiger partial charge on any atom is 0.309 e. The van der Waals surface area contributed by atoms with E-state index >= 15 is 0 Å². The normalized spacial score (nSPS) is 25.4. The standard InChI is InChI=1S/C19H22O3/c20-13-15-6-4-14(5-7-15)3-1-2-10-22-19(21)18-12-16-8-9-17(18)11-16/h4-9,13,16-18H,1-3,10-12H2. The lowest BCUT2D eigenvalue weighted by Gasteiger charge is -2.16. The molecule has 0 saturated heterocycles. The Kier molecular flexibility index (Phi) is 4.71. The first-order chi connectivity index (χ1) is 10.8. The van der Waals surface area contributed by atoms with Gasteiger partial charge >= 0.3 is 5.97 Å². The van der Waals surface area contributed by atoms with Gasteiger partial charge in [-0.25, -0.2) is 0 Å². The van der Waals surface area contributed by atoms with E-state index < -0.39 is 0 Å². The van der Waals surface area contributed by atoms with Crippen LogP contribution < -0.4 is 0 Å². The lowest BCUT2D eigenvalue weighted by atomic mass is 9.94. The highest BCUT2D eigenvalue weighted by molar-refractivity contribution is 5.74. The predicted octanol–water partition coefficient (Wildman–Crippen LogP) is 3.58. The molecule has 0 N–H and O–H groups in total. The molecule has 1 aromatic rings. The number of carbonyl (C=O) groups is 2. The molecule has 3 unspecified atom stereocenters. The maximum atomic E-state index is 12.0. The Morgan fingerprint density at radius 2 is 1.95 bits per heavy atom. The predicted molar refractivity (Wildman–Crippen MR) is 84.6 cm³/mol. The molecule has 3 rings (SSSR count). The quantitative estimate of drug-likeness (QED) is 0.334. The summed E-state index contributed by atoms with van der Waals surface area (Å²) in [5.74, 6) is 1.13. The van der Waals surface area contributed by atoms with E-state index in [0.717, 1.165) is 38.4 Å². The average Bonchev–Trinajstić information content (AvgIpc) is 3.18. The Hall–Kier alpha value is -1.90. The minimum absolute atomic E-state index is 0.00724. The fourth-order valence-corrected chi connectivity index (χ4v) is 3.53. The monoisotopic (exact) mass is 298 g/mol. The summed E-state index contributed by atoms with van der Waals surface area (Å²) in [7, 11) is 0. The number of aldehydes is 1. The van der Waals surface area contributed by atoms with Crippen LogP contribution >= 0.6 is 0 Å². The van der Waals surface area contributed by atoms with E-state index in [1.54, 1.807) is 0 Å². The van der Waals surface area contributed by atoms with Gasteiger partial charge in [0.2, 0.25) is 0 Å². The van der Waals surface area contributed by atoms with Gasteiger partial charge in [-0.1, -0.05) is 36.4 Å². The van der Waals surface area contributed by atoms with E-state index in [1.165, 1.54) is 5.56 Å². The van der Waals surface area contributed by atoms with Crippen molar-refractivity contribution in [2.45, 2.75) is 32.1 Å². The van der Waals surface area contributed by atoms with E-state index in [1.807, 2.05) is 24.3 Å². The Labute approximate surface area is 131 Å². The fraction of sp³-hybridized carbons (Fsp3) is 0.474. The number of aryl methyl sites for hydroxylation is 1. The van der Waals surface area contributed by atoms with Crippen molar-refractivity contribution in [2.75, 3.05) is 6.61 Å². The third-order valence-electron chi connectivity index (χ3n) is 4.80. The lowest BCUT2D eigenvalue weighted by molar-refractivity contribution is -0.149. The lowest BCUT2D eigenvalue weighted by Crippen LogP contribution is -2.22. The first-order valence-corrected chi connectivity index (χ1v) is 8.15. The average molecular weight is 298 g/mol. The Bertz CT molecular complexity index is 559. The van der Waals surface area contributed by atoms with Crippen molar-refractivity contribution in [3.8, 4) is 0 Å². The van der Waals surface area contributed by atoms with Crippen LogP contribution in [-0.2, 0) is 16.0 Å². The number of carbonyl (C=O) groups excluding carboxylic acids is 2. The van der Waals surface area contributed by atoms with Crippen molar-refractivity contribution in [3.63, 3.8) is 0 Å². The molecule has 22 heavy (non-hydrogen) atoms. The third-order valence-corrected chi connectivity index (χ3v) is 4.80. The van der Waals surface area contributed by atoms with Crippen LogP contribution in [-0.4, -0.2) is 18.9 Å². The highest BCUT2D eigenvalue weighted by Gasteiger charge is 2.40. The number of esters is 1. The molecular weight excluding hydrogens is 276 g/mol. The van der Waals surface area contributed by atoms with Crippen molar-refractivity contribution >= 4 is 12.3 Å². The minimum atomic E-state index is -0.00724. The number of unbranched alkanes of at least 4 members (excludes halogenated alkanes) is 1. The van der Waals surface area contributed by atoms with Crippen molar-refractivity contribution < 1.29 is 14.3 Å². The van der Waals surface area contributed by atoms with Gasteiger partial charge in [0.1, 0.15) is 6.29 Å². The molecule has 116 valence electrons. The smallest absolute Gasteiger partial charge is 0.309 e. The molecule has 0 amide bonds. The van der Waals surface area contributed by atoms with Gasteiger partial charge in [-0.3, -0.25) is 9.59 Å². The van der Waals surface area contributed by atoms with Gasteiger partial charge in [0.15, 0.2) is 0 Å². The van der Waals surface area contributed by atoms with Gasteiger partial charge in [-0.15, -0.1) is 0 Å². The Morgan fingerprint density at radius 1 is 1.14 bits per heavy atom. The summed E-state index contributed by atoms with van der Waals surface area (Å²) in [6.45, 7) is 0.517. The molecule has 0 heterocycles. The number of rotatable bonds is 7. The van der Waals surface area contributed by atoms with Crippen LogP contribution in [0.2, 0.25) is 0 Å². The van der Waals surface area contributed by atoms with Crippen molar-refractivity contribution in [2.24, 2.45) is 17.8 Å². The number of benzene rings is 1. The maximum absolute atomic E-state index is 12.0. The molecule has 0 radical (unpaired) electrons. The van der Waals surface area contributed by atoms with Crippen molar-refractivity contribution in [3.05, 3.63) is 47.5 Å². The second-order valence-electron chi connectivity index (χ2n) is 6.37. The van der Waals surface area contributed by atoms with Crippen LogP contribution in [0.25, 0.3) is 0 Å². The number of fused-ring (bicyclic) bond motifs is 2. The molecule has 2 aliphatic rings. The summed E-state index contributed by atoms with van der Waals surface area (Å²) in [5, 5.41) is 0. The summed E-state index contributed by atoms with van der Waals surface area (Å²) < 4.78 is 5.43. The number of hydrogen-bond acceptors (Lipinski definition) is 3. The van der Waals surface area contributed by atoms with Crippen LogP contribution in [0.3, 0.4) is 0 Å². The van der Waals surface area contributed by atoms with E-state index in [0.29, 0.717) is 24.0 Å².